The van der Waals surface area contributed by atoms with Gasteiger partial charge in [-0.3, -0.25) is 9.59 Å². The van der Waals surface area contributed by atoms with E-state index < -0.39 is 46.6 Å². The maximum atomic E-state index is 16.4. The van der Waals surface area contributed by atoms with Gasteiger partial charge in [-0.1, -0.05) is 39.0 Å². The van der Waals surface area contributed by atoms with Crippen molar-refractivity contribution >= 4 is 23.3 Å². The Balaban J connectivity index is 0.823. The zero-order valence-corrected chi connectivity index (χ0v) is 40.4. The van der Waals surface area contributed by atoms with Crippen LogP contribution in [0, 0.1) is 35.3 Å². The van der Waals surface area contributed by atoms with Crippen LogP contribution in [0.2, 0.25) is 0 Å². The number of anilines is 2. The van der Waals surface area contributed by atoms with Crippen molar-refractivity contribution in [3.05, 3.63) is 164 Å². The van der Waals surface area contributed by atoms with E-state index >= 15 is 8.78 Å². The number of carboxylic acid groups (broad SMARTS) is 2. The third kappa shape index (κ3) is 7.85. The van der Waals surface area contributed by atoms with Gasteiger partial charge >= 0.3 is 18.1 Å². The number of alkyl halides is 3. The van der Waals surface area contributed by atoms with E-state index in [4.69, 9.17) is 19.2 Å². The molecule has 6 aromatic rings. The molecular formula is C57H51F5N4O7. The van der Waals surface area contributed by atoms with Crippen LogP contribution in [0.15, 0.2) is 85.2 Å². The number of pyridine rings is 3. The molecule has 8 atom stereocenters. The SMILES string of the molecule is COc1nc(CC2(C)CN(c3ccccc3C(F)(F)F)c3cc(COc4cc5c(cn4)[C@@H]4C(C(=O)O)[C@@H]4C5)c(F)cc32)ccc1C1CCC(C)(C)c2cc(F)c(COc3cc4c(cn3)[C@H]3[C@@H](C4)[C@@H]3C(=O)O)cc21. The fraction of sp³-hybridized carbons (Fsp3) is 0.386. The fourth-order valence-electron chi connectivity index (χ4n) is 13.1. The number of rotatable bonds is 13. The van der Waals surface area contributed by atoms with Crippen LogP contribution in [0.1, 0.15) is 118 Å². The summed E-state index contributed by atoms with van der Waals surface area (Å²) in [7, 11) is 1.53. The van der Waals surface area contributed by atoms with E-state index in [1.165, 1.54) is 25.3 Å². The molecule has 0 radical (unpaired) electrons. The second-order valence-corrected chi connectivity index (χ2v) is 21.7. The lowest BCUT2D eigenvalue weighted by molar-refractivity contribution is -0.140. The molecule has 16 heteroatoms. The summed E-state index contributed by atoms with van der Waals surface area (Å²) in [4.78, 5) is 38.7. The van der Waals surface area contributed by atoms with Gasteiger partial charge < -0.3 is 29.3 Å². The van der Waals surface area contributed by atoms with Gasteiger partial charge in [-0.2, -0.15) is 13.2 Å². The number of carboxylic acids is 2. The lowest BCUT2D eigenvalue weighted by atomic mass is 9.67. The predicted octanol–water partition coefficient (Wildman–Crippen LogP) is 11.1. The standard InChI is InChI=1S/C57H51F5N4O7/c1-55(2)12-11-32(34-15-29(42(58)19-40(34)55)24-72-46-17-27-13-35-48(37(27)22-63-46)50(35)53(67)68)33-10-9-31(65-52(33)71-4)21-56(3)26-66(44-8-6-5-7-39(44)57(60,61)62)45-16-30(43(59)20-41(45)56)25-73-47-18-28-14-36-49(38(28)23-64-47)51(36)54(69)70/h5-10,15-20,22-23,32,35-36,48-51H,11-14,21,24-26H2,1-4H3,(H,67,68)(H,69,70)/t32?,35-,36-,48-,49-,50+,51?,56?/m1/s1. The molecular weight excluding hydrogens is 948 g/mol. The van der Waals surface area contributed by atoms with Gasteiger partial charge in [0.05, 0.1) is 30.2 Å². The molecule has 73 heavy (non-hydrogen) atoms. The Labute approximate surface area is 417 Å². The van der Waals surface area contributed by atoms with Gasteiger partial charge in [0.15, 0.2) is 0 Å². The lowest BCUT2D eigenvalue weighted by Crippen LogP contribution is -2.32. The Morgan fingerprint density at radius 2 is 1.33 bits per heavy atom. The number of ether oxygens (including phenoxy) is 3. The Morgan fingerprint density at radius 3 is 1.92 bits per heavy atom. The number of carbonyl (C=O) groups is 2. The molecule has 0 spiro atoms. The van der Waals surface area contributed by atoms with E-state index in [0.29, 0.717) is 53.5 Å². The van der Waals surface area contributed by atoms with Crippen molar-refractivity contribution < 1.29 is 56.0 Å². The van der Waals surface area contributed by atoms with Gasteiger partial charge in [0.2, 0.25) is 17.6 Å². The zero-order valence-electron chi connectivity index (χ0n) is 40.4. The number of aromatic nitrogens is 3. The number of hydrogen-bond donors (Lipinski definition) is 2. The number of hydrogen-bond acceptors (Lipinski definition) is 9. The molecule has 0 saturated heterocycles. The molecule has 11 nitrogen and oxygen atoms in total. The first-order valence-corrected chi connectivity index (χ1v) is 24.6. The van der Waals surface area contributed by atoms with E-state index in [1.54, 1.807) is 41.6 Å². The van der Waals surface area contributed by atoms with Gasteiger partial charge in [-0.15, -0.1) is 0 Å². The summed E-state index contributed by atoms with van der Waals surface area (Å²) in [6.45, 7) is 5.79. The first kappa shape index (κ1) is 46.9. The van der Waals surface area contributed by atoms with Crippen molar-refractivity contribution in [3.63, 3.8) is 0 Å². The monoisotopic (exact) mass is 998 g/mol. The number of nitrogens with zero attached hydrogens (tertiary/aromatic N) is 4. The van der Waals surface area contributed by atoms with E-state index in [1.807, 2.05) is 31.2 Å². The highest BCUT2D eigenvalue weighted by atomic mass is 19.4. The zero-order chi connectivity index (χ0) is 51.0. The van der Waals surface area contributed by atoms with E-state index in [0.717, 1.165) is 51.4 Å². The quantitative estimate of drug-likeness (QED) is 0.107. The number of benzene rings is 3. The summed E-state index contributed by atoms with van der Waals surface area (Å²) in [5.74, 6) is -2.71. The second kappa shape index (κ2) is 16.7. The van der Waals surface area contributed by atoms with E-state index in [-0.39, 0.29) is 84.2 Å². The topological polar surface area (TPSA) is 144 Å². The molecule has 1 aliphatic heterocycles. The maximum absolute atomic E-state index is 16.4. The van der Waals surface area contributed by atoms with Crippen LogP contribution in [0.3, 0.4) is 0 Å². The molecule has 4 heterocycles. The van der Waals surface area contributed by atoms with Gasteiger partial charge in [0, 0.05) is 88.7 Å². The van der Waals surface area contributed by atoms with Crippen LogP contribution in [-0.4, -0.2) is 50.8 Å². The number of methoxy groups -OCH3 is 1. The number of fused-ring (bicyclic) bond motifs is 8. The van der Waals surface area contributed by atoms with Gasteiger partial charge in [0.25, 0.3) is 0 Å². The van der Waals surface area contributed by atoms with Crippen molar-refractivity contribution in [2.75, 3.05) is 18.6 Å². The highest BCUT2D eigenvalue weighted by Gasteiger charge is 2.61. The van der Waals surface area contributed by atoms with Crippen LogP contribution in [0.5, 0.6) is 17.6 Å². The van der Waals surface area contributed by atoms with Crippen LogP contribution in [-0.2, 0) is 59.1 Å². The van der Waals surface area contributed by atoms with Crippen molar-refractivity contribution in [1.29, 1.82) is 0 Å². The van der Waals surface area contributed by atoms with Crippen molar-refractivity contribution in [1.82, 2.24) is 15.0 Å². The van der Waals surface area contributed by atoms with E-state index in [2.05, 4.69) is 23.8 Å². The number of para-hydroxylation sites is 1. The highest BCUT2D eigenvalue weighted by molar-refractivity contribution is 5.79. The maximum Gasteiger partial charge on any atom is 0.418 e. The normalized spacial score (nSPS) is 25.4. The van der Waals surface area contributed by atoms with Crippen molar-refractivity contribution in [3.8, 4) is 17.6 Å². The molecule has 0 bridgehead atoms. The smallest absolute Gasteiger partial charge is 0.418 e. The molecule has 376 valence electrons. The summed E-state index contributed by atoms with van der Waals surface area (Å²) in [5, 5.41) is 19.0. The summed E-state index contributed by atoms with van der Waals surface area (Å²) in [5.41, 5.74) is 6.05. The number of halogens is 5. The first-order chi connectivity index (χ1) is 34.8. The largest absolute Gasteiger partial charge is 0.481 e. The van der Waals surface area contributed by atoms with Crippen LogP contribution >= 0.6 is 0 Å². The molecule has 5 aliphatic carbocycles. The van der Waals surface area contributed by atoms with Crippen LogP contribution in [0.25, 0.3) is 0 Å². The van der Waals surface area contributed by atoms with Crippen LogP contribution < -0.4 is 19.1 Å². The van der Waals surface area contributed by atoms with Gasteiger partial charge in [-0.05, 0) is 124 Å². The molecule has 3 aromatic carbocycles. The van der Waals surface area contributed by atoms with Crippen molar-refractivity contribution in [2.45, 2.75) is 101 Å². The minimum absolute atomic E-state index is 0.0211. The molecule has 12 rings (SSSR count). The first-order valence-electron chi connectivity index (χ1n) is 24.6. The van der Waals surface area contributed by atoms with Gasteiger partial charge in [0.1, 0.15) is 24.8 Å². The molecule has 0 amide bonds. The molecule has 3 unspecified atom stereocenters. The third-order valence-corrected chi connectivity index (χ3v) is 16.9. The fourth-order valence-corrected chi connectivity index (χ4v) is 13.1. The summed E-state index contributed by atoms with van der Waals surface area (Å²) in [6, 6.07) is 19.1. The highest BCUT2D eigenvalue weighted by Crippen LogP contribution is 2.63. The lowest BCUT2D eigenvalue weighted by Gasteiger charge is -2.38. The Hall–Kier alpha value is -7.10. The molecule has 2 N–H and O–H groups in total. The minimum atomic E-state index is -4.68. The molecule has 2 saturated carbocycles. The molecule has 6 aliphatic rings. The predicted molar refractivity (Wildman–Crippen MR) is 256 cm³/mol. The second-order valence-electron chi connectivity index (χ2n) is 21.7. The van der Waals surface area contributed by atoms with Crippen molar-refractivity contribution in [2.24, 2.45) is 23.7 Å². The summed E-state index contributed by atoms with van der Waals surface area (Å²) < 4.78 is 94.6. The van der Waals surface area contributed by atoms with Crippen LogP contribution in [0.4, 0.5) is 33.3 Å². The third-order valence-electron chi connectivity index (χ3n) is 16.9. The molecule has 2 fully saturated rings. The van der Waals surface area contributed by atoms with Gasteiger partial charge in [-0.25, -0.2) is 23.7 Å². The average Bonchev–Trinajstić information content (AvgIpc) is 4.12. The minimum Gasteiger partial charge on any atom is -0.481 e. The summed E-state index contributed by atoms with van der Waals surface area (Å²) >= 11 is 0. The Kier molecular flexibility index (Phi) is 10.7. The Morgan fingerprint density at radius 1 is 0.740 bits per heavy atom. The Bertz CT molecular complexity index is 3310. The van der Waals surface area contributed by atoms with E-state index in [9.17, 15) is 33.0 Å². The average molecular weight is 999 g/mol. The molecule has 3 aromatic heterocycles. The summed E-state index contributed by atoms with van der Waals surface area (Å²) in [6.07, 6.45) is 1.51. The number of aliphatic carboxylic acids is 2.